The minimum Gasteiger partial charge on any atom is -0.456 e. The standard InChI is InChI=1S/C10H16O5S/c1-8(2)9(11)15-10(3)4-6-14-16(12,13)7-5-10/h1,4-7H2,2-3H3. The van der Waals surface area contributed by atoms with E-state index in [-0.39, 0.29) is 18.8 Å². The van der Waals surface area contributed by atoms with Crippen LogP contribution in [0.15, 0.2) is 12.2 Å². The summed E-state index contributed by atoms with van der Waals surface area (Å²) in [6.07, 6.45) is 0.611. The number of hydrogen-bond donors (Lipinski definition) is 0. The molecule has 0 aliphatic carbocycles. The summed E-state index contributed by atoms with van der Waals surface area (Å²) in [5.41, 5.74) is -0.492. The molecule has 1 rings (SSSR count). The summed E-state index contributed by atoms with van der Waals surface area (Å²) in [5.74, 6) is -0.630. The van der Waals surface area contributed by atoms with Gasteiger partial charge in [0.1, 0.15) is 5.60 Å². The minimum atomic E-state index is -3.46. The van der Waals surface area contributed by atoms with Crippen LogP contribution < -0.4 is 0 Å². The molecule has 0 aromatic rings. The van der Waals surface area contributed by atoms with Crippen molar-refractivity contribution in [1.29, 1.82) is 0 Å². The second-order valence-electron chi connectivity index (χ2n) is 4.20. The smallest absolute Gasteiger partial charge is 0.333 e. The normalized spacial score (nSPS) is 29.1. The van der Waals surface area contributed by atoms with Gasteiger partial charge >= 0.3 is 5.97 Å². The van der Waals surface area contributed by atoms with Gasteiger partial charge in [0.2, 0.25) is 0 Å². The molecular weight excluding hydrogens is 232 g/mol. The zero-order chi connectivity index (χ0) is 12.4. The van der Waals surface area contributed by atoms with Gasteiger partial charge in [-0.25, -0.2) is 4.79 Å². The molecule has 0 saturated carbocycles. The molecule has 5 nitrogen and oxygen atoms in total. The van der Waals surface area contributed by atoms with E-state index in [0.717, 1.165) is 0 Å². The fraction of sp³-hybridized carbons (Fsp3) is 0.700. The first-order chi connectivity index (χ1) is 7.24. The Kier molecular flexibility index (Phi) is 3.75. The summed E-state index contributed by atoms with van der Waals surface area (Å²) in [6.45, 7) is 6.78. The molecule has 1 unspecified atom stereocenters. The van der Waals surface area contributed by atoms with Crippen molar-refractivity contribution in [1.82, 2.24) is 0 Å². The van der Waals surface area contributed by atoms with Gasteiger partial charge in [-0.2, -0.15) is 8.42 Å². The summed E-state index contributed by atoms with van der Waals surface area (Å²) < 4.78 is 32.3. The van der Waals surface area contributed by atoms with Crippen LogP contribution in [0.3, 0.4) is 0 Å². The number of rotatable bonds is 2. The van der Waals surface area contributed by atoms with Crippen LogP contribution in [0.1, 0.15) is 26.7 Å². The second-order valence-corrected chi connectivity index (χ2v) is 5.96. The number of hydrogen-bond acceptors (Lipinski definition) is 5. The van der Waals surface area contributed by atoms with E-state index in [2.05, 4.69) is 10.8 Å². The minimum absolute atomic E-state index is 0.0440. The third-order valence-electron chi connectivity index (χ3n) is 2.46. The Labute approximate surface area is 95.6 Å². The lowest BCUT2D eigenvalue weighted by molar-refractivity contribution is -0.154. The molecule has 0 bridgehead atoms. The van der Waals surface area contributed by atoms with E-state index in [0.29, 0.717) is 12.0 Å². The summed E-state index contributed by atoms with van der Waals surface area (Å²) in [7, 11) is -3.46. The van der Waals surface area contributed by atoms with Crippen LogP contribution >= 0.6 is 0 Å². The molecule has 0 N–H and O–H groups in total. The Morgan fingerprint density at radius 2 is 2.06 bits per heavy atom. The van der Waals surface area contributed by atoms with Crippen molar-refractivity contribution in [3.63, 3.8) is 0 Å². The third kappa shape index (κ3) is 3.61. The Morgan fingerprint density at radius 3 is 2.62 bits per heavy atom. The van der Waals surface area contributed by atoms with Gasteiger partial charge in [-0.05, 0) is 13.8 Å². The predicted molar refractivity (Wildman–Crippen MR) is 58.3 cm³/mol. The first-order valence-electron chi connectivity index (χ1n) is 5.00. The van der Waals surface area contributed by atoms with Gasteiger partial charge < -0.3 is 4.74 Å². The van der Waals surface area contributed by atoms with Gasteiger partial charge in [0.25, 0.3) is 10.1 Å². The van der Waals surface area contributed by atoms with E-state index < -0.39 is 21.7 Å². The van der Waals surface area contributed by atoms with E-state index >= 15 is 0 Å². The lowest BCUT2D eigenvalue weighted by Gasteiger charge is -2.27. The molecule has 0 aromatic heterocycles. The fourth-order valence-electron chi connectivity index (χ4n) is 1.32. The molecular formula is C10H16O5S. The maximum absolute atomic E-state index is 11.4. The highest BCUT2D eigenvalue weighted by Gasteiger charge is 2.34. The van der Waals surface area contributed by atoms with Gasteiger partial charge in [-0.1, -0.05) is 6.58 Å². The van der Waals surface area contributed by atoms with Crippen molar-refractivity contribution in [3.05, 3.63) is 12.2 Å². The topological polar surface area (TPSA) is 69.7 Å². The highest BCUT2D eigenvalue weighted by atomic mass is 32.2. The van der Waals surface area contributed by atoms with Crippen molar-refractivity contribution in [3.8, 4) is 0 Å². The van der Waals surface area contributed by atoms with Gasteiger partial charge in [-0.15, -0.1) is 0 Å². The monoisotopic (exact) mass is 248 g/mol. The quantitative estimate of drug-likeness (QED) is 0.414. The highest BCUT2D eigenvalue weighted by molar-refractivity contribution is 7.86. The molecule has 16 heavy (non-hydrogen) atoms. The maximum atomic E-state index is 11.4. The molecule has 0 radical (unpaired) electrons. The molecule has 0 amide bonds. The summed E-state index contributed by atoms with van der Waals surface area (Å²) >= 11 is 0. The third-order valence-corrected chi connectivity index (χ3v) is 3.69. The fourth-order valence-corrected chi connectivity index (χ4v) is 2.46. The van der Waals surface area contributed by atoms with Crippen LogP contribution in [0, 0.1) is 0 Å². The van der Waals surface area contributed by atoms with Crippen molar-refractivity contribution in [2.45, 2.75) is 32.3 Å². The number of ether oxygens (including phenoxy) is 1. The summed E-state index contributed by atoms with van der Waals surface area (Å²) in [5, 5.41) is 0. The average Bonchev–Trinajstić information content (AvgIpc) is 2.26. The number of carbonyl (C=O) groups excluding carboxylic acids is 1. The predicted octanol–water partition coefficient (Wildman–Crippen LogP) is 1.00. The second kappa shape index (κ2) is 4.55. The van der Waals surface area contributed by atoms with Crippen LogP contribution in [0.25, 0.3) is 0 Å². The van der Waals surface area contributed by atoms with Crippen molar-refractivity contribution >= 4 is 16.1 Å². The SMILES string of the molecule is C=C(C)C(=O)OC1(C)CCOS(=O)(=O)CC1. The largest absolute Gasteiger partial charge is 0.456 e. The van der Waals surface area contributed by atoms with Crippen molar-refractivity contribution in [2.75, 3.05) is 12.4 Å². The van der Waals surface area contributed by atoms with Crippen LogP contribution in [0.4, 0.5) is 0 Å². The summed E-state index contributed by atoms with van der Waals surface area (Å²) in [6, 6.07) is 0. The van der Waals surface area contributed by atoms with E-state index in [1.165, 1.54) is 0 Å². The molecule has 1 aliphatic heterocycles. The lowest BCUT2D eigenvalue weighted by atomic mass is 9.99. The molecule has 0 spiro atoms. The average molecular weight is 248 g/mol. The van der Waals surface area contributed by atoms with Crippen molar-refractivity contribution in [2.24, 2.45) is 0 Å². The first kappa shape index (κ1) is 13.2. The van der Waals surface area contributed by atoms with Crippen LogP contribution in [0.5, 0.6) is 0 Å². The zero-order valence-corrected chi connectivity index (χ0v) is 10.3. The van der Waals surface area contributed by atoms with E-state index in [9.17, 15) is 13.2 Å². The van der Waals surface area contributed by atoms with Crippen LogP contribution in [-0.4, -0.2) is 32.3 Å². The molecule has 1 fully saturated rings. The maximum Gasteiger partial charge on any atom is 0.333 e. The summed E-state index contributed by atoms with van der Waals surface area (Å²) in [4.78, 5) is 11.4. The first-order valence-corrected chi connectivity index (χ1v) is 6.58. The molecule has 1 heterocycles. The van der Waals surface area contributed by atoms with Crippen LogP contribution in [0.2, 0.25) is 0 Å². The number of carbonyl (C=O) groups is 1. The van der Waals surface area contributed by atoms with Gasteiger partial charge in [0.05, 0.1) is 12.4 Å². The molecule has 92 valence electrons. The molecule has 0 aromatic carbocycles. The molecule has 1 aliphatic rings. The van der Waals surface area contributed by atoms with E-state index in [4.69, 9.17) is 4.74 Å². The number of esters is 1. The zero-order valence-electron chi connectivity index (χ0n) is 9.49. The Hall–Kier alpha value is -0.880. The Morgan fingerprint density at radius 1 is 1.44 bits per heavy atom. The van der Waals surface area contributed by atoms with Crippen molar-refractivity contribution < 1.29 is 22.1 Å². The highest BCUT2D eigenvalue weighted by Crippen LogP contribution is 2.26. The van der Waals surface area contributed by atoms with Gasteiger partial charge in [0, 0.05) is 18.4 Å². The molecule has 6 heteroatoms. The van der Waals surface area contributed by atoms with Crippen LogP contribution in [-0.2, 0) is 23.8 Å². The Bertz CT molecular complexity index is 397. The Balaban J connectivity index is 2.71. The van der Waals surface area contributed by atoms with Gasteiger partial charge in [0.15, 0.2) is 0 Å². The lowest BCUT2D eigenvalue weighted by Crippen LogP contribution is -2.33. The van der Waals surface area contributed by atoms with Gasteiger partial charge in [-0.3, -0.25) is 4.18 Å². The van der Waals surface area contributed by atoms with E-state index in [1.807, 2.05) is 0 Å². The molecule has 1 atom stereocenters. The molecule has 1 saturated heterocycles. The van der Waals surface area contributed by atoms with E-state index in [1.54, 1.807) is 13.8 Å².